The molecule has 0 bridgehead atoms. The molecule has 2 atom stereocenters. The zero-order chi connectivity index (χ0) is 13.8. The maximum absolute atomic E-state index is 9.02. The van der Waals surface area contributed by atoms with Crippen LogP contribution in [0.3, 0.4) is 0 Å². The summed E-state index contributed by atoms with van der Waals surface area (Å²) in [5.74, 6) is 1.53. The highest BCUT2D eigenvalue weighted by atomic mass is 16.4. The Labute approximate surface area is 114 Å². The van der Waals surface area contributed by atoms with Crippen LogP contribution in [0.15, 0.2) is 16.5 Å². The average molecular weight is 268 g/mol. The fourth-order valence-corrected chi connectivity index (χ4v) is 2.91. The van der Waals surface area contributed by atoms with Crippen molar-refractivity contribution in [3.63, 3.8) is 0 Å². The second-order valence-corrected chi connectivity index (χ2v) is 5.30. The third kappa shape index (κ3) is 3.36. The molecule has 0 radical (unpaired) electrons. The van der Waals surface area contributed by atoms with Crippen LogP contribution in [0.2, 0.25) is 0 Å². The van der Waals surface area contributed by atoms with Gasteiger partial charge in [0.2, 0.25) is 0 Å². The average Bonchev–Trinajstić information content (AvgIpc) is 2.98. The molecule has 1 aromatic rings. The van der Waals surface area contributed by atoms with Crippen LogP contribution in [0.5, 0.6) is 0 Å². The molecule has 1 saturated heterocycles. The molecule has 0 aliphatic carbocycles. The van der Waals surface area contributed by atoms with E-state index in [0.29, 0.717) is 17.8 Å². The summed E-state index contributed by atoms with van der Waals surface area (Å²) >= 11 is 0. The lowest BCUT2D eigenvalue weighted by Gasteiger charge is -2.30. The minimum atomic E-state index is -0.0442. The van der Waals surface area contributed by atoms with Crippen molar-refractivity contribution in [3.8, 4) is 0 Å². The van der Waals surface area contributed by atoms with E-state index in [1.165, 1.54) is 0 Å². The molecule has 1 fully saturated rings. The zero-order valence-electron chi connectivity index (χ0n) is 11.7. The van der Waals surface area contributed by atoms with Gasteiger partial charge in [0.15, 0.2) is 0 Å². The van der Waals surface area contributed by atoms with Crippen LogP contribution in [0.25, 0.3) is 0 Å². The Bertz CT molecular complexity index is 394. The predicted octanol–water partition coefficient (Wildman–Crippen LogP) is 0.659. The molecule has 19 heavy (non-hydrogen) atoms. The van der Waals surface area contributed by atoms with E-state index in [9.17, 15) is 0 Å². The minimum Gasteiger partial charge on any atom is -0.462 e. The summed E-state index contributed by atoms with van der Waals surface area (Å²) in [5.41, 5.74) is 0. The number of rotatable bonds is 6. The quantitative estimate of drug-likeness (QED) is 0.793. The van der Waals surface area contributed by atoms with Crippen LogP contribution in [0.1, 0.15) is 24.9 Å². The summed E-state index contributed by atoms with van der Waals surface area (Å²) < 4.78 is 5.54. The van der Waals surface area contributed by atoms with E-state index in [-0.39, 0.29) is 13.2 Å². The van der Waals surface area contributed by atoms with E-state index in [2.05, 4.69) is 23.8 Å². The first-order valence-electron chi connectivity index (χ1n) is 6.89. The lowest BCUT2D eigenvalue weighted by molar-refractivity contribution is 0.140. The Hall–Kier alpha value is -0.880. The molecule has 2 N–H and O–H groups in total. The normalized spacial score (nSPS) is 24.5. The van der Waals surface area contributed by atoms with E-state index >= 15 is 0 Å². The van der Waals surface area contributed by atoms with E-state index in [4.69, 9.17) is 14.6 Å². The highest BCUT2D eigenvalue weighted by molar-refractivity contribution is 5.07. The summed E-state index contributed by atoms with van der Waals surface area (Å²) in [7, 11) is 2.07. The minimum absolute atomic E-state index is 0.0442. The molecular weight excluding hydrogens is 244 g/mol. The number of furan rings is 1. The third-order valence-electron chi connectivity index (χ3n) is 4.10. The van der Waals surface area contributed by atoms with Crippen molar-refractivity contribution in [3.05, 3.63) is 23.7 Å². The Kier molecular flexibility index (Phi) is 4.99. The van der Waals surface area contributed by atoms with Gasteiger partial charge in [0.25, 0.3) is 0 Å². The second-order valence-electron chi connectivity index (χ2n) is 5.30. The molecule has 1 aromatic heterocycles. The van der Waals surface area contributed by atoms with E-state index in [1.807, 2.05) is 12.1 Å². The van der Waals surface area contributed by atoms with E-state index in [1.54, 1.807) is 0 Å². The fourth-order valence-electron chi connectivity index (χ4n) is 2.91. The lowest BCUT2D eigenvalue weighted by atomic mass is 10.1. The van der Waals surface area contributed by atoms with Gasteiger partial charge >= 0.3 is 0 Å². The van der Waals surface area contributed by atoms with Crippen LogP contribution >= 0.6 is 0 Å². The summed E-state index contributed by atoms with van der Waals surface area (Å²) in [6.07, 6.45) is 1.12. The van der Waals surface area contributed by atoms with Crippen LogP contribution < -0.4 is 0 Å². The summed E-state index contributed by atoms with van der Waals surface area (Å²) in [4.78, 5) is 4.62. The second kappa shape index (κ2) is 6.52. The van der Waals surface area contributed by atoms with Crippen molar-refractivity contribution in [2.45, 2.75) is 38.6 Å². The first-order chi connectivity index (χ1) is 9.15. The van der Waals surface area contributed by atoms with Gasteiger partial charge in [-0.2, -0.15) is 0 Å². The van der Waals surface area contributed by atoms with Crippen molar-refractivity contribution >= 4 is 0 Å². The Balaban J connectivity index is 1.92. The molecule has 5 nitrogen and oxygen atoms in total. The van der Waals surface area contributed by atoms with Crippen molar-refractivity contribution < 1.29 is 14.6 Å². The monoisotopic (exact) mass is 268 g/mol. The largest absolute Gasteiger partial charge is 0.462 e. The summed E-state index contributed by atoms with van der Waals surface area (Å²) in [5, 5.41) is 18.0. The maximum atomic E-state index is 9.02. The molecule has 2 rings (SSSR count). The van der Waals surface area contributed by atoms with Crippen molar-refractivity contribution in [1.82, 2.24) is 9.80 Å². The van der Waals surface area contributed by atoms with Gasteiger partial charge < -0.3 is 14.6 Å². The zero-order valence-corrected chi connectivity index (χ0v) is 11.7. The Morgan fingerprint density at radius 1 is 1.37 bits per heavy atom. The van der Waals surface area contributed by atoms with Crippen LogP contribution in [-0.2, 0) is 13.2 Å². The number of aliphatic hydroxyl groups is 2. The highest BCUT2D eigenvalue weighted by Gasteiger charge is 2.33. The first kappa shape index (κ1) is 14.5. The molecule has 1 aliphatic rings. The molecule has 2 heterocycles. The van der Waals surface area contributed by atoms with Gasteiger partial charge in [0, 0.05) is 25.2 Å². The van der Waals surface area contributed by atoms with Gasteiger partial charge in [-0.3, -0.25) is 9.80 Å². The number of hydrogen-bond donors (Lipinski definition) is 2. The van der Waals surface area contributed by atoms with E-state index in [0.717, 1.165) is 31.8 Å². The highest BCUT2D eigenvalue weighted by Crippen LogP contribution is 2.24. The SMILES string of the molecule is C[C@@H]1[C@H](N(C)CCO)CCN1Cc1ccc(CO)o1. The fraction of sp³-hybridized carbons (Fsp3) is 0.714. The number of likely N-dealkylation sites (tertiary alicyclic amines) is 1. The lowest BCUT2D eigenvalue weighted by Crippen LogP contribution is -2.42. The first-order valence-corrected chi connectivity index (χ1v) is 6.89. The molecule has 0 spiro atoms. The smallest absolute Gasteiger partial charge is 0.129 e. The number of likely N-dealkylation sites (N-methyl/N-ethyl adjacent to an activating group) is 1. The molecule has 108 valence electrons. The van der Waals surface area contributed by atoms with Crippen LogP contribution in [-0.4, -0.2) is 58.8 Å². The van der Waals surface area contributed by atoms with Crippen molar-refractivity contribution in [1.29, 1.82) is 0 Å². The third-order valence-corrected chi connectivity index (χ3v) is 4.10. The molecular formula is C14H24N2O3. The standard InChI is InChI=1S/C14H24N2O3/c1-11-14(15(2)7-8-17)5-6-16(11)9-12-3-4-13(10-18)19-12/h3-4,11,14,17-18H,5-10H2,1-2H3/t11-,14-/m1/s1. The molecule has 1 aliphatic heterocycles. The summed E-state index contributed by atoms with van der Waals surface area (Å²) in [6, 6.07) is 4.69. The molecule has 0 aromatic carbocycles. The summed E-state index contributed by atoms with van der Waals surface area (Å²) in [6.45, 7) is 4.93. The number of nitrogens with zero attached hydrogens (tertiary/aromatic N) is 2. The number of aliphatic hydroxyl groups excluding tert-OH is 2. The Morgan fingerprint density at radius 2 is 2.11 bits per heavy atom. The van der Waals surface area contributed by atoms with Crippen molar-refractivity contribution in [2.24, 2.45) is 0 Å². The topological polar surface area (TPSA) is 60.1 Å². The van der Waals surface area contributed by atoms with Crippen molar-refractivity contribution in [2.75, 3.05) is 26.7 Å². The van der Waals surface area contributed by atoms with Gasteiger partial charge in [-0.05, 0) is 32.5 Å². The van der Waals surface area contributed by atoms with Gasteiger partial charge in [0.1, 0.15) is 18.1 Å². The van der Waals surface area contributed by atoms with Gasteiger partial charge in [-0.25, -0.2) is 0 Å². The molecule has 0 saturated carbocycles. The maximum Gasteiger partial charge on any atom is 0.129 e. The molecule has 0 unspecified atom stereocenters. The van der Waals surface area contributed by atoms with Crippen LogP contribution in [0.4, 0.5) is 0 Å². The van der Waals surface area contributed by atoms with Crippen LogP contribution in [0, 0.1) is 0 Å². The van der Waals surface area contributed by atoms with Gasteiger partial charge in [-0.1, -0.05) is 0 Å². The van der Waals surface area contributed by atoms with Gasteiger partial charge in [-0.15, -0.1) is 0 Å². The predicted molar refractivity (Wildman–Crippen MR) is 72.6 cm³/mol. The Morgan fingerprint density at radius 3 is 2.74 bits per heavy atom. The number of hydrogen-bond acceptors (Lipinski definition) is 5. The van der Waals surface area contributed by atoms with E-state index < -0.39 is 0 Å². The van der Waals surface area contributed by atoms with Gasteiger partial charge in [0.05, 0.1) is 13.2 Å². The molecule has 5 heteroatoms. The molecule has 0 amide bonds.